The Bertz CT molecular complexity index is 1300. The number of H-pyrrole nitrogens is 1. The quantitative estimate of drug-likeness (QED) is 0.416. The first-order chi connectivity index (χ1) is 15.5. The number of thioether (sulfide) groups is 1. The van der Waals surface area contributed by atoms with E-state index in [4.69, 9.17) is 0 Å². The van der Waals surface area contributed by atoms with Crippen LogP contribution in [0.5, 0.6) is 0 Å². The van der Waals surface area contributed by atoms with E-state index in [1.807, 2.05) is 61.7 Å². The van der Waals surface area contributed by atoms with Crippen molar-refractivity contribution in [2.45, 2.75) is 43.8 Å². The number of hydrogen-bond donors (Lipinski definition) is 2. The number of aromatic amines is 1. The maximum atomic E-state index is 12.5. The van der Waals surface area contributed by atoms with Crippen molar-refractivity contribution < 1.29 is 4.79 Å². The molecule has 4 aromatic rings. The molecule has 164 valence electrons. The molecule has 8 nitrogen and oxygen atoms in total. The molecule has 2 heterocycles. The lowest BCUT2D eigenvalue weighted by Gasteiger charge is -2.16. The van der Waals surface area contributed by atoms with Gasteiger partial charge in [0.15, 0.2) is 11.0 Å². The molecule has 0 saturated carbocycles. The maximum Gasteiger partial charge on any atom is 0.258 e. The Morgan fingerprint density at radius 3 is 2.56 bits per heavy atom. The Labute approximate surface area is 189 Å². The molecule has 32 heavy (non-hydrogen) atoms. The van der Waals surface area contributed by atoms with E-state index in [1.165, 1.54) is 11.8 Å². The molecule has 0 bridgehead atoms. The molecular formula is C23H24N6O2S. The highest BCUT2D eigenvalue weighted by atomic mass is 32.2. The fraction of sp³-hybridized carbons (Fsp3) is 0.261. The molecule has 2 aromatic heterocycles. The van der Waals surface area contributed by atoms with Crippen LogP contribution in [0.15, 0.2) is 64.5 Å². The second-order valence-corrected chi connectivity index (χ2v) is 8.68. The van der Waals surface area contributed by atoms with Gasteiger partial charge in [0, 0.05) is 12.1 Å². The van der Waals surface area contributed by atoms with Crippen molar-refractivity contribution in [2.24, 2.45) is 0 Å². The van der Waals surface area contributed by atoms with E-state index >= 15 is 0 Å². The van der Waals surface area contributed by atoms with Gasteiger partial charge in [0.1, 0.15) is 5.82 Å². The number of rotatable bonds is 7. The van der Waals surface area contributed by atoms with Crippen LogP contribution in [-0.2, 0) is 6.54 Å². The molecule has 0 radical (unpaired) electrons. The van der Waals surface area contributed by atoms with E-state index in [0.29, 0.717) is 39.8 Å². The summed E-state index contributed by atoms with van der Waals surface area (Å²) < 4.78 is 1.97. The predicted molar refractivity (Wildman–Crippen MR) is 125 cm³/mol. The van der Waals surface area contributed by atoms with Gasteiger partial charge < -0.3 is 14.9 Å². The van der Waals surface area contributed by atoms with E-state index in [-0.39, 0.29) is 22.8 Å². The topological polar surface area (TPSA) is 106 Å². The molecule has 0 aliphatic carbocycles. The summed E-state index contributed by atoms with van der Waals surface area (Å²) in [5, 5.41) is 12.8. The normalized spacial score (nSPS) is 13.1. The first-order valence-electron chi connectivity index (χ1n) is 10.4. The third kappa shape index (κ3) is 4.43. The van der Waals surface area contributed by atoms with Crippen molar-refractivity contribution in [3.63, 3.8) is 0 Å². The Morgan fingerprint density at radius 1 is 1.09 bits per heavy atom. The summed E-state index contributed by atoms with van der Waals surface area (Å²) in [6, 6.07) is 16.0. The van der Waals surface area contributed by atoms with Gasteiger partial charge in [-0.2, -0.15) is 0 Å². The number of amides is 1. The van der Waals surface area contributed by atoms with Gasteiger partial charge in [0.25, 0.3) is 11.5 Å². The number of hydrogen-bond acceptors (Lipinski definition) is 6. The van der Waals surface area contributed by atoms with E-state index in [9.17, 15) is 9.59 Å². The number of nitrogens with zero attached hydrogens (tertiary/aromatic N) is 4. The molecular weight excluding hydrogens is 424 g/mol. The summed E-state index contributed by atoms with van der Waals surface area (Å²) in [7, 11) is 0. The average molecular weight is 449 g/mol. The monoisotopic (exact) mass is 448 g/mol. The molecule has 0 spiro atoms. The van der Waals surface area contributed by atoms with Crippen LogP contribution in [0.4, 0.5) is 0 Å². The molecule has 0 saturated heterocycles. The molecule has 1 amide bonds. The highest BCUT2D eigenvalue weighted by Crippen LogP contribution is 2.33. The van der Waals surface area contributed by atoms with Gasteiger partial charge in [0.05, 0.1) is 22.2 Å². The van der Waals surface area contributed by atoms with Crippen molar-refractivity contribution in [3.05, 3.63) is 82.2 Å². The molecule has 0 unspecified atom stereocenters. The van der Waals surface area contributed by atoms with Crippen LogP contribution in [0.3, 0.4) is 0 Å². The molecule has 0 aliphatic heterocycles. The van der Waals surface area contributed by atoms with Crippen molar-refractivity contribution in [3.8, 4) is 0 Å². The highest BCUT2D eigenvalue weighted by molar-refractivity contribution is 7.99. The van der Waals surface area contributed by atoms with E-state index in [2.05, 4.69) is 25.5 Å². The van der Waals surface area contributed by atoms with Crippen molar-refractivity contribution >= 4 is 28.6 Å². The lowest BCUT2D eigenvalue weighted by atomic mass is 10.2. The number of fused-ring (bicyclic) bond motifs is 1. The first-order valence-corrected chi connectivity index (χ1v) is 11.3. The largest absolute Gasteiger partial charge is 0.342 e. The molecule has 0 fully saturated rings. The fourth-order valence-electron chi connectivity index (χ4n) is 3.45. The molecule has 2 aromatic carbocycles. The first kappa shape index (κ1) is 21.8. The zero-order chi connectivity index (χ0) is 22.7. The van der Waals surface area contributed by atoms with Gasteiger partial charge in [0.2, 0.25) is 0 Å². The number of carbonyl (C=O) groups excluding carboxylic acids is 1. The van der Waals surface area contributed by atoms with Crippen LogP contribution >= 0.6 is 11.8 Å². The Morgan fingerprint density at radius 2 is 1.81 bits per heavy atom. The standard InChI is InChI=1S/C23H24N6O2S/c1-4-29-20(14(2)24-21(30)16-10-6-5-7-11-16)27-28-23(29)32-15(3)19-25-18-13-9-8-12-17(18)22(31)26-19/h5-15H,4H2,1-3H3,(H,24,30)(H,25,26,31)/t14-,15-/m0/s1. The Hall–Kier alpha value is -3.46. The highest BCUT2D eigenvalue weighted by Gasteiger charge is 2.22. The lowest BCUT2D eigenvalue weighted by Crippen LogP contribution is -2.28. The molecule has 9 heteroatoms. The fourth-order valence-corrected chi connectivity index (χ4v) is 4.43. The summed E-state index contributed by atoms with van der Waals surface area (Å²) in [5.74, 6) is 1.09. The number of carbonyl (C=O) groups is 1. The van der Waals surface area contributed by atoms with Crippen molar-refractivity contribution in [1.82, 2.24) is 30.0 Å². The van der Waals surface area contributed by atoms with Crippen LogP contribution in [0.2, 0.25) is 0 Å². The second kappa shape index (κ2) is 9.35. The minimum Gasteiger partial charge on any atom is -0.342 e. The number of aromatic nitrogens is 5. The number of benzene rings is 2. The molecule has 2 atom stereocenters. The Kier molecular flexibility index (Phi) is 6.36. The zero-order valence-corrected chi connectivity index (χ0v) is 18.9. The average Bonchev–Trinajstić information content (AvgIpc) is 3.22. The molecule has 2 N–H and O–H groups in total. The number of nitrogens with one attached hydrogen (secondary N) is 2. The Balaban J connectivity index is 1.54. The summed E-state index contributed by atoms with van der Waals surface area (Å²) in [6.07, 6.45) is 0. The summed E-state index contributed by atoms with van der Waals surface area (Å²) in [6.45, 7) is 6.50. The lowest BCUT2D eigenvalue weighted by molar-refractivity contribution is 0.0937. The third-order valence-electron chi connectivity index (χ3n) is 5.13. The van der Waals surface area contributed by atoms with Gasteiger partial charge in [-0.05, 0) is 45.0 Å². The van der Waals surface area contributed by atoms with Gasteiger partial charge in [-0.3, -0.25) is 9.59 Å². The van der Waals surface area contributed by atoms with Crippen molar-refractivity contribution in [2.75, 3.05) is 0 Å². The van der Waals surface area contributed by atoms with Crippen LogP contribution < -0.4 is 10.9 Å². The van der Waals surface area contributed by atoms with Gasteiger partial charge >= 0.3 is 0 Å². The van der Waals surface area contributed by atoms with Gasteiger partial charge in [-0.1, -0.05) is 42.1 Å². The van der Waals surface area contributed by atoms with Crippen LogP contribution in [-0.4, -0.2) is 30.6 Å². The smallest absolute Gasteiger partial charge is 0.258 e. The van der Waals surface area contributed by atoms with Crippen LogP contribution in [0.1, 0.15) is 54.1 Å². The summed E-state index contributed by atoms with van der Waals surface area (Å²) >= 11 is 1.46. The minimum absolute atomic E-state index is 0.149. The number of para-hydroxylation sites is 1. The minimum atomic E-state index is -0.321. The van der Waals surface area contributed by atoms with Gasteiger partial charge in [-0.15, -0.1) is 10.2 Å². The SMILES string of the molecule is CCn1c(S[C@@H](C)c2nc3ccccc3c(=O)[nH]2)nnc1[C@H](C)NC(=O)c1ccccc1. The molecule has 0 aliphatic rings. The van der Waals surface area contributed by atoms with Crippen LogP contribution in [0, 0.1) is 0 Å². The van der Waals surface area contributed by atoms with Gasteiger partial charge in [-0.25, -0.2) is 4.98 Å². The van der Waals surface area contributed by atoms with Crippen LogP contribution in [0.25, 0.3) is 10.9 Å². The van der Waals surface area contributed by atoms with E-state index < -0.39 is 0 Å². The predicted octanol–water partition coefficient (Wildman–Crippen LogP) is 3.88. The van der Waals surface area contributed by atoms with E-state index in [0.717, 1.165) is 0 Å². The van der Waals surface area contributed by atoms with E-state index in [1.54, 1.807) is 18.2 Å². The van der Waals surface area contributed by atoms with Crippen molar-refractivity contribution in [1.29, 1.82) is 0 Å². The summed E-state index contributed by atoms with van der Waals surface area (Å²) in [4.78, 5) is 32.4. The maximum absolute atomic E-state index is 12.5. The third-order valence-corrected chi connectivity index (χ3v) is 6.22. The second-order valence-electron chi connectivity index (χ2n) is 7.37. The summed E-state index contributed by atoms with van der Waals surface area (Å²) in [5.41, 5.74) is 1.10. The molecule has 4 rings (SSSR count). The zero-order valence-electron chi connectivity index (χ0n) is 18.1.